The number of anilines is 1. The molecule has 3 nitrogen and oxygen atoms in total. The van der Waals surface area contributed by atoms with Gasteiger partial charge in [-0.3, -0.25) is 4.79 Å². The van der Waals surface area contributed by atoms with E-state index in [-0.39, 0.29) is 5.91 Å². The number of nitrogens with zero attached hydrogens (tertiary/aromatic N) is 1. The van der Waals surface area contributed by atoms with Gasteiger partial charge in [-0.2, -0.15) is 0 Å². The highest BCUT2D eigenvalue weighted by atomic mass is 35.5. The Morgan fingerprint density at radius 1 is 1.47 bits per heavy atom. The van der Waals surface area contributed by atoms with Crippen molar-refractivity contribution in [2.75, 3.05) is 24.5 Å². The summed E-state index contributed by atoms with van der Waals surface area (Å²) in [4.78, 5) is 13.5. The van der Waals surface area contributed by atoms with Crippen LogP contribution in [0, 0.1) is 6.92 Å². The van der Waals surface area contributed by atoms with Gasteiger partial charge in [0.2, 0.25) is 5.91 Å². The van der Waals surface area contributed by atoms with Crippen molar-refractivity contribution in [2.24, 2.45) is 0 Å². The number of carbonyl (C=O) groups is 1. The van der Waals surface area contributed by atoms with E-state index in [0.717, 1.165) is 17.8 Å². The highest BCUT2D eigenvalue weighted by Gasteiger charge is 2.20. The van der Waals surface area contributed by atoms with Crippen LogP contribution in [-0.2, 0) is 4.79 Å². The summed E-state index contributed by atoms with van der Waals surface area (Å²) in [5, 5.41) is 3.71. The highest BCUT2D eigenvalue weighted by Crippen LogP contribution is 2.24. The van der Waals surface area contributed by atoms with Crippen molar-refractivity contribution in [3.05, 3.63) is 28.8 Å². The Morgan fingerprint density at radius 2 is 2.27 bits per heavy atom. The number of benzene rings is 1. The first-order chi connectivity index (χ1) is 7.18. The Hall–Kier alpha value is -1.06. The van der Waals surface area contributed by atoms with Crippen molar-refractivity contribution in [1.82, 2.24) is 5.32 Å². The van der Waals surface area contributed by atoms with Gasteiger partial charge < -0.3 is 10.2 Å². The van der Waals surface area contributed by atoms with Crippen molar-refractivity contribution in [2.45, 2.75) is 6.92 Å². The average molecular weight is 225 g/mol. The highest BCUT2D eigenvalue weighted by molar-refractivity contribution is 6.31. The minimum Gasteiger partial charge on any atom is -0.310 e. The minimum atomic E-state index is 0.103. The van der Waals surface area contributed by atoms with Gasteiger partial charge in [0.05, 0.1) is 6.54 Å². The van der Waals surface area contributed by atoms with Crippen LogP contribution in [0.5, 0.6) is 0 Å². The van der Waals surface area contributed by atoms with E-state index in [2.05, 4.69) is 5.32 Å². The van der Waals surface area contributed by atoms with Gasteiger partial charge in [0.1, 0.15) is 0 Å². The molecule has 0 saturated carbocycles. The number of rotatable bonds is 1. The fourth-order valence-electron chi connectivity index (χ4n) is 1.73. The Labute approximate surface area is 94.0 Å². The molecular formula is C11H13ClN2O. The zero-order valence-electron chi connectivity index (χ0n) is 8.59. The molecule has 0 spiro atoms. The van der Waals surface area contributed by atoms with E-state index in [1.807, 2.05) is 25.1 Å². The van der Waals surface area contributed by atoms with Gasteiger partial charge in [-0.25, -0.2) is 0 Å². The van der Waals surface area contributed by atoms with Crippen LogP contribution in [0.3, 0.4) is 0 Å². The molecule has 0 aliphatic carbocycles. The van der Waals surface area contributed by atoms with Gasteiger partial charge in [-0.1, -0.05) is 17.7 Å². The first kappa shape index (κ1) is 10.5. The van der Waals surface area contributed by atoms with Crippen LogP contribution in [0.25, 0.3) is 0 Å². The van der Waals surface area contributed by atoms with E-state index in [0.29, 0.717) is 18.1 Å². The lowest BCUT2D eigenvalue weighted by molar-refractivity contribution is -0.118. The lowest BCUT2D eigenvalue weighted by Gasteiger charge is -2.28. The molecule has 1 amide bonds. The predicted octanol–water partition coefficient (Wildman–Crippen LogP) is 1.58. The molecule has 0 unspecified atom stereocenters. The number of nitrogens with one attached hydrogen (secondary N) is 1. The van der Waals surface area contributed by atoms with Crippen molar-refractivity contribution < 1.29 is 4.79 Å². The molecule has 2 rings (SSSR count). The Morgan fingerprint density at radius 3 is 3.00 bits per heavy atom. The first-order valence-electron chi connectivity index (χ1n) is 4.96. The quantitative estimate of drug-likeness (QED) is 0.786. The molecule has 4 heteroatoms. The largest absolute Gasteiger partial charge is 0.310 e. The second kappa shape index (κ2) is 4.21. The van der Waals surface area contributed by atoms with E-state index in [1.54, 1.807) is 4.90 Å². The zero-order chi connectivity index (χ0) is 10.8. The van der Waals surface area contributed by atoms with Gasteiger partial charge in [0, 0.05) is 23.8 Å². The van der Waals surface area contributed by atoms with Crippen LogP contribution in [0.2, 0.25) is 5.02 Å². The number of halogens is 1. The SMILES string of the molecule is Cc1ccc(Cl)cc1N1CCNCC1=O. The predicted molar refractivity (Wildman–Crippen MR) is 61.4 cm³/mol. The summed E-state index contributed by atoms with van der Waals surface area (Å²) in [6.45, 7) is 3.94. The van der Waals surface area contributed by atoms with Gasteiger partial charge in [-0.15, -0.1) is 0 Å². The molecule has 1 aromatic carbocycles. The second-order valence-corrected chi connectivity index (χ2v) is 4.09. The number of aryl methyl sites for hydroxylation is 1. The first-order valence-corrected chi connectivity index (χ1v) is 5.33. The maximum Gasteiger partial charge on any atom is 0.240 e. The summed E-state index contributed by atoms with van der Waals surface area (Å²) in [5.74, 6) is 0.103. The molecule has 1 saturated heterocycles. The lowest BCUT2D eigenvalue weighted by Crippen LogP contribution is -2.48. The maximum absolute atomic E-state index is 11.7. The molecular weight excluding hydrogens is 212 g/mol. The van der Waals surface area contributed by atoms with Crippen LogP contribution in [0.1, 0.15) is 5.56 Å². The van der Waals surface area contributed by atoms with Crippen LogP contribution < -0.4 is 10.2 Å². The molecule has 1 fully saturated rings. The van der Waals surface area contributed by atoms with Crippen LogP contribution in [0.4, 0.5) is 5.69 Å². The molecule has 0 aromatic heterocycles. The lowest BCUT2D eigenvalue weighted by atomic mass is 10.1. The van der Waals surface area contributed by atoms with Gasteiger partial charge in [-0.05, 0) is 24.6 Å². The molecule has 0 atom stereocenters. The Balaban J connectivity index is 2.34. The molecule has 0 radical (unpaired) electrons. The number of hydrogen-bond acceptors (Lipinski definition) is 2. The third-order valence-electron chi connectivity index (χ3n) is 2.55. The smallest absolute Gasteiger partial charge is 0.240 e. The van der Waals surface area contributed by atoms with E-state index >= 15 is 0 Å². The van der Waals surface area contributed by atoms with E-state index in [1.165, 1.54) is 0 Å². The summed E-state index contributed by atoms with van der Waals surface area (Å²) in [5.41, 5.74) is 2.00. The molecule has 1 N–H and O–H groups in total. The van der Waals surface area contributed by atoms with E-state index in [9.17, 15) is 4.79 Å². The summed E-state index contributed by atoms with van der Waals surface area (Å²) in [6, 6.07) is 5.63. The topological polar surface area (TPSA) is 32.3 Å². The number of hydrogen-bond donors (Lipinski definition) is 1. The van der Waals surface area contributed by atoms with Gasteiger partial charge in [0.15, 0.2) is 0 Å². The number of carbonyl (C=O) groups excluding carboxylic acids is 1. The third kappa shape index (κ3) is 2.13. The van der Waals surface area contributed by atoms with Crippen LogP contribution in [-0.4, -0.2) is 25.5 Å². The number of piperazine rings is 1. The summed E-state index contributed by atoms with van der Waals surface area (Å²) < 4.78 is 0. The van der Waals surface area contributed by atoms with Gasteiger partial charge in [0.25, 0.3) is 0 Å². The standard InChI is InChI=1S/C11H13ClN2O/c1-8-2-3-9(12)6-10(8)14-5-4-13-7-11(14)15/h2-3,6,13H,4-5,7H2,1H3. The van der Waals surface area contributed by atoms with E-state index < -0.39 is 0 Å². The van der Waals surface area contributed by atoms with Crippen molar-refractivity contribution >= 4 is 23.2 Å². The molecule has 1 aliphatic rings. The summed E-state index contributed by atoms with van der Waals surface area (Å²) >= 11 is 5.93. The molecule has 1 aliphatic heterocycles. The third-order valence-corrected chi connectivity index (χ3v) is 2.79. The fraction of sp³-hybridized carbons (Fsp3) is 0.364. The molecule has 15 heavy (non-hydrogen) atoms. The zero-order valence-corrected chi connectivity index (χ0v) is 9.34. The van der Waals surface area contributed by atoms with Gasteiger partial charge >= 0.3 is 0 Å². The fourth-order valence-corrected chi connectivity index (χ4v) is 1.90. The molecule has 1 aromatic rings. The van der Waals surface area contributed by atoms with E-state index in [4.69, 9.17) is 11.6 Å². The average Bonchev–Trinajstić information content (AvgIpc) is 2.23. The van der Waals surface area contributed by atoms with Crippen LogP contribution in [0.15, 0.2) is 18.2 Å². The summed E-state index contributed by atoms with van der Waals surface area (Å²) in [6.07, 6.45) is 0. The number of amides is 1. The molecule has 0 bridgehead atoms. The minimum absolute atomic E-state index is 0.103. The molecule has 80 valence electrons. The van der Waals surface area contributed by atoms with Crippen molar-refractivity contribution in [3.8, 4) is 0 Å². The Bertz CT molecular complexity index is 392. The second-order valence-electron chi connectivity index (χ2n) is 3.65. The normalized spacial score (nSPS) is 16.9. The molecule has 1 heterocycles. The van der Waals surface area contributed by atoms with Crippen molar-refractivity contribution in [1.29, 1.82) is 0 Å². The monoisotopic (exact) mass is 224 g/mol. The maximum atomic E-state index is 11.7. The summed E-state index contributed by atoms with van der Waals surface area (Å²) in [7, 11) is 0. The van der Waals surface area contributed by atoms with Crippen LogP contribution >= 0.6 is 11.6 Å². The van der Waals surface area contributed by atoms with Crippen molar-refractivity contribution in [3.63, 3.8) is 0 Å². The Kier molecular flexibility index (Phi) is 2.93.